The highest BCUT2D eigenvalue weighted by atomic mass is 32.2. The van der Waals surface area contributed by atoms with Gasteiger partial charge in [-0.25, -0.2) is 13.6 Å². The third kappa shape index (κ3) is 4.74. The van der Waals surface area contributed by atoms with Crippen LogP contribution in [0.5, 0.6) is 11.5 Å². The predicted octanol–water partition coefficient (Wildman–Crippen LogP) is 4.49. The quantitative estimate of drug-likeness (QED) is 0.469. The standard InChI is InChI=1S/C21H31NO4S/c1-5-6-7-8-15-12-18(23)19(20(24)21(15)27(22,25)26)17-11-14(4)9-10-16(17)13(2)3/h11-12,16-17,23-24H,2,5-10H2,1,3-4H3,(H2,22,25,26). The molecule has 150 valence electrons. The van der Waals surface area contributed by atoms with Crippen LogP contribution in [0.15, 0.2) is 34.8 Å². The topological polar surface area (TPSA) is 101 Å². The Labute approximate surface area is 162 Å². The summed E-state index contributed by atoms with van der Waals surface area (Å²) in [6, 6.07) is 1.46. The molecule has 1 aliphatic carbocycles. The van der Waals surface area contributed by atoms with E-state index in [-0.39, 0.29) is 28.0 Å². The Bertz CT molecular complexity index is 855. The van der Waals surface area contributed by atoms with Crippen LogP contribution in [-0.2, 0) is 16.4 Å². The predicted molar refractivity (Wildman–Crippen MR) is 108 cm³/mol. The summed E-state index contributed by atoms with van der Waals surface area (Å²) in [5.41, 5.74) is 2.67. The molecule has 0 aliphatic heterocycles. The van der Waals surface area contributed by atoms with Crippen LogP contribution in [0.2, 0.25) is 0 Å². The Kier molecular flexibility index (Phi) is 6.76. The van der Waals surface area contributed by atoms with Gasteiger partial charge in [0.2, 0.25) is 10.0 Å². The second kappa shape index (κ2) is 8.48. The number of aryl methyl sites for hydroxylation is 1. The Morgan fingerprint density at radius 3 is 2.56 bits per heavy atom. The Morgan fingerprint density at radius 2 is 2.00 bits per heavy atom. The number of sulfonamides is 1. The van der Waals surface area contributed by atoms with Gasteiger partial charge in [0.15, 0.2) is 0 Å². The minimum atomic E-state index is -4.13. The molecule has 0 spiro atoms. The molecule has 0 saturated heterocycles. The number of primary sulfonamides is 1. The van der Waals surface area contributed by atoms with Crippen molar-refractivity contribution in [2.24, 2.45) is 11.1 Å². The van der Waals surface area contributed by atoms with E-state index in [1.54, 1.807) is 0 Å². The number of rotatable bonds is 7. The molecule has 0 radical (unpaired) electrons. The molecule has 2 atom stereocenters. The largest absolute Gasteiger partial charge is 0.507 e. The summed E-state index contributed by atoms with van der Waals surface area (Å²) in [5.74, 6) is -0.828. The molecule has 27 heavy (non-hydrogen) atoms. The normalized spacial score (nSPS) is 20.4. The summed E-state index contributed by atoms with van der Waals surface area (Å²) in [6.07, 6.45) is 6.83. The monoisotopic (exact) mass is 393 g/mol. The summed E-state index contributed by atoms with van der Waals surface area (Å²) in [5, 5.41) is 27.0. The van der Waals surface area contributed by atoms with Crippen LogP contribution in [0, 0.1) is 5.92 Å². The molecule has 1 aromatic carbocycles. The molecule has 1 aromatic rings. The van der Waals surface area contributed by atoms with Crippen LogP contribution >= 0.6 is 0 Å². The van der Waals surface area contributed by atoms with Crippen molar-refractivity contribution >= 4 is 10.0 Å². The molecule has 0 saturated carbocycles. The van der Waals surface area contributed by atoms with Crippen LogP contribution in [0.1, 0.15) is 69.9 Å². The van der Waals surface area contributed by atoms with Crippen LogP contribution in [0.25, 0.3) is 0 Å². The second-order valence-electron chi connectivity index (χ2n) is 7.68. The van der Waals surface area contributed by atoms with Crippen molar-refractivity contribution in [1.29, 1.82) is 0 Å². The SMILES string of the molecule is C=C(C)C1CCC(C)=CC1c1c(O)cc(CCCCC)c(S(N)(=O)=O)c1O. The molecule has 2 rings (SSSR count). The first kappa shape index (κ1) is 21.5. The minimum Gasteiger partial charge on any atom is -0.507 e. The average Bonchev–Trinajstić information content (AvgIpc) is 2.53. The molecule has 2 unspecified atom stereocenters. The summed E-state index contributed by atoms with van der Waals surface area (Å²) < 4.78 is 24.5. The Balaban J connectivity index is 2.67. The van der Waals surface area contributed by atoms with E-state index in [1.165, 1.54) is 6.07 Å². The van der Waals surface area contributed by atoms with Crippen LogP contribution in [0.3, 0.4) is 0 Å². The fraction of sp³-hybridized carbons (Fsp3) is 0.524. The molecule has 0 fully saturated rings. The van der Waals surface area contributed by atoms with E-state index >= 15 is 0 Å². The lowest BCUT2D eigenvalue weighted by molar-refractivity contribution is 0.397. The van der Waals surface area contributed by atoms with Gasteiger partial charge in [0.05, 0.1) is 0 Å². The van der Waals surface area contributed by atoms with Gasteiger partial charge >= 0.3 is 0 Å². The lowest BCUT2D eigenvalue weighted by atomic mass is 9.73. The summed E-state index contributed by atoms with van der Waals surface area (Å²) in [4.78, 5) is -0.261. The van der Waals surface area contributed by atoms with Crippen molar-refractivity contribution in [2.75, 3.05) is 0 Å². The van der Waals surface area contributed by atoms with E-state index < -0.39 is 15.8 Å². The van der Waals surface area contributed by atoms with Gasteiger partial charge in [-0.15, -0.1) is 0 Å². The highest BCUT2D eigenvalue weighted by Gasteiger charge is 2.33. The van der Waals surface area contributed by atoms with E-state index in [1.807, 2.05) is 26.8 Å². The molecule has 0 bridgehead atoms. The number of nitrogens with two attached hydrogens (primary N) is 1. The van der Waals surface area contributed by atoms with Gasteiger partial charge in [-0.1, -0.05) is 43.6 Å². The number of unbranched alkanes of at least 4 members (excludes halogenated alkanes) is 2. The highest BCUT2D eigenvalue weighted by Crippen LogP contribution is 2.48. The summed E-state index contributed by atoms with van der Waals surface area (Å²) >= 11 is 0. The minimum absolute atomic E-state index is 0.0183. The van der Waals surface area contributed by atoms with Crippen molar-refractivity contribution in [2.45, 2.75) is 70.1 Å². The fourth-order valence-corrected chi connectivity index (χ4v) is 4.91. The Morgan fingerprint density at radius 1 is 1.33 bits per heavy atom. The van der Waals surface area contributed by atoms with E-state index in [9.17, 15) is 18.6 Å². The van der Waals surface area contributed by atoms with Crippen molar-refractivity contribution < 1.29 is 18.6 Å². The molecule has 0 heterocycles. The van der Waals surface area contributed by atoms with Gasteiger partial charge < -0.3 is 10.2 Å². The lowest BCUT2D eigenvalue weighted by Crippen LogP contribution is -2.20. The van der Waals surface area contributed by atoms with Crippen molar-refractivity contribution in [3.05, 3.63) is 41.0 Å². The second-order valence-corrected chi connectivity index (χ2v) is 9.18. The molecular weight excluding hydrogens is 362 g/mol. The number of hydrogen-bond acceptors (Lipinski definition) is 4. The van der Waals surface area contributed by atoms with Crippen molar-refractivity contribution in [3.8, 4) is 11.5 Å². The van der Waals surface area contributed by atoms with Gasteiger partial charge in [0.25, 0.3) is 0 Å². The van der Waals surface area contributed by atoms with Crippen molar-refractivity contribution in [3.63, 3.8) is 0 Å². The van der Waals surface area contributed by atoms with Gasteiger partial charge in [-0.2, -0.15) is 0 Å². The van der Waals surface area contributed by atoms with E-state index in [2.05, 4.69) is 6.58 Å². The van der Waals surface area contributed by atoms with E-state index in [4.69, 9.17) is 5.14 Å². The molecule has 0 amide bonds. The first-order chi connectivity index (χ1) is 12.6. The highest BCUT2D eigenvalue weighted by molar-refractivity contribution is 7.89. The molecule has 6 heteroatoms. The average molecular weight is 394 g/mol. The maximum absolute atomic E-state index is 12.2. The Hall–Kier alpha value is -1.79. The number of phenols is 2. The first-order valence-corrected chi connectivity index (χ1v) is 11.1. The number of allylic oxidation sites excluding steroid dienone is 3. The number of benzene rings is 1. The maximum Gasteiger partial charge on any atom is 0.242 e. The number of hydrogen-bond donors (Lipinski definition) is 3. The van der Waals surface area contributed by atoms with Gasteiger partial charge in [0, 0.05) is 11.5 Å². The van der Waals surface area contributed by atoms with Crippen molar-refractivity contribution in [1.82, 2.24) is 0 Å². The third-order valence-electron chi connectivity index (χ3n) is 5.40. The van der Waals surface area contributed by atoms with E-state index in [0.717, 1.165) is 43.3 Å². The summed E-state index contributed by atoms with van der Waals surface area (Å²) in [7, 11) is -4.13. The van der Waals surface area contributed by atoms with Gasteiger partial charge in [-0.3, -0.25) is 0 Å². The summed E-state index contributed by atoms with van der Waals surface area (Å²) in [6.45, 7) is 10.0. The zero-order valence-electron chi connectivity index (χ0n) is 16.5. The first-order valence-electron chi connectivity index (χ1n) is 9.51. The molecular formula is C21H31NO4S. The molecule has 5 nitrogen and oxygen atoms in total. The van der Waals surface area contributed by atoms with E-state index in [0.29, 0.717) is 12.0 Å². The maximum atomic E-state index is 12.2. The van der Waals surface area contributed by atoms with Gasteiger partial charge in [-0.05, 0) is 57.1 Å². The smallest absolute Gasteiger partial charge is 0.242 e. The lowest BCUT2D eigenvalue weighted by Gasteiger charge is -2.32. The van der Waals surface area contributed by atoms with Gasteiger partial charge in [0.1, 0.15) is 16.4 Å². The third-order valence-corrected chi connectivity index (χ3v) is 6.42. The van der Waals surface area contributed by atoms with Crippen LogP contribution in [0.4, 0.5) is 0 Å². The fourth-order valence-electron chi connectivity index (χ4n) is 4.01. The molecule has 0 aromatic heterocycles. The number of aromatic hydroxyl groups is 2. The zero-order valence-corrected chi connectivity index (χ0v) is 17.3. The van der Waals surface area contributed by atoms with Crippen LogP contribution < -0.4 is 5.14 Å². The molecule has 4 N–H and O–H groups in total. The zero-order chi connectivity index (χ0) is 20.4. The molecule has 1 aliphatic rings. The van der Waals surface area contributed by atoms with Crippen LogP contribution in [-0.4, -0.2) is 18.6 Å². The number of phenolic OH excluding ortho intramolecular Hbond substituents is 2.